The van der Waals surface area contributed by atoms with Crippen molar-refractivity contribution in [1.82, 2.24) is 0 Å². The molecule has 1 heterocycles. The molecular formula is C9H12O3S. The molecule has 0 aliphatic heterocycles. The molecule has 1 atom stereocenters. The minimum Gasteiger partial charge on any atom is -0.481 e. The van der Waals surface area contributed by atoms with Crippen molar-refractivity contribution < 1.29 is 14.3 Å². The number of aliphatic carboxylic acids is 1. The molecule has 3 nitrogen and oxygen atoms in total. The van der Waals surface area contributed by atoms with E-state index in [4.69, 9.17) is 9.52 Å². The molecule has 0 fully saturated rings. The van der Waals surface area contributed by atoms with Crippen LogP contribution in [0.15, 0.2) is 23.0 Å². The molecule has 1 N–H and O–H groups in total. The van der Waals surface area contributed by atoms with Crippen LogP contribution < -0.4 is 0 Å². The molecule has 72 valence electrons. The Morgan fingerprint density at radius 1 is 1.77 bits per heavy atom. The predicted molar refractivity (Wildman–Crippen MR) is 51.7 cm³/mol. The molecule has 0 saturated heterocycles. The largest absolute Gasteiger partial charge is 0.481 e. The first-order valence-electron chi connectivity index (χ1n) is 4.01. The van der Waals surface area contributed by atoms with E-state index >= 15 is 0 Å². The highest BCUT2D eigenvalue weighted by Gasteiger charge is 2.10. The first kappa shape index (κ1) is 10.2. The van der Waals surface area contributed by atoms with Gasteiger partial charge in [0, 0.05) is 17.1 Å². The first-order valence-corrected chi connectivity index (χ1v) is 5.17. The molecule has 0 spiro atoms. The Morgan fingerprint density at radius 3 is 3.08 bits per heavy atom. The third kappa shape index (κ3) is 3.55. The summed E-state index contributed by atoms with van der Waals surface area (Å²) in [5.74, 6) is 0.436. The van der Waals surface area contributed by atoms with Gasteiger partial charge in [-0.1, -0.05) is 6.92 Å². The van der Waals surface area contributed by atoms with Gasteiger partial charge in [0.2, 0.25) is 0 Å². The normalized spacial score (nSPS) is 12.7. The zero-order chi connectivity index (χ0) is 9.68. The number of carboxylic acid groups (broad SMARTS) is 1. The number of rotatable bonds is 5. The molecule has 0 aromatic carbocycles. The van der Waals surface area contributed by atoms with E-state index in [0.29, 0.717) is 5.75 Å². The summed E-state index contributed by atoms with van der Waals surface area (Å²) >= 11 is 1.61. The van der Waals surface area contributed by atoms with Crippen molar-refractivity contribution in [2.75, 3.05) is 5.75 Å². The Kier molecular flexibility index (Phi) is 3.89. The van der Waals surface area contributed by atoms with E-state index < -0.39 is 5.97 Å². The third-order valence-corrected chi connectivity index (χ3v) is 2.91. The fraction of sp³-hybridized carbons (Fsp3) is 0.444. The second-order valence-corrected chi connectivity index (χ2v) is 3.92. The molecule has 1 aromatic heterocycles. The van der Waals surface area contributed by atoms with Gasteiger partial charge in [-0.25, -0.2) is 0 Å². The lowest BCUT2D eigenvalue weighted by Gasteiger charge is -2.03. The fourth-order valence-corrected chi connectivity index (χ4v) is 1.81. The minimum absolute atomic E-state index is 0.281. The highest BCUT2D eigenvalue weighted by Crippen LogP contribution is 2.15. The first-order chi connectivity index (χ1) is 6.20. The second kappa shape index (κ2) is 4.97. The molecule has 0 bridgehead atoms. The Hall–Kier alpha value is -0.900. The standard InChI is InChI=1S/C9H12O3S/c1-7(9(10)11)5-13-6-8-2-3-12-4-8/h2-4,7H,5-6H2,1H3,(H,10,11). The van der Waals surface area contributed by atoms with Crippen molar-refractivity contribution in [2.45, 2.75) is 12.7 Å². The maximum Gasteiger partial charge on any atom is 0.307 e. The molecule has 4 heteroatoms. The van der Waals surface area contributed by atoms with Gasteiger partial charge in [-0.3, -0.25) is 4.79 Å². The predicted octanol–water partition coefficient (Wildman–Crippen LogP) is 2.23. The number of carboxylic acids is 1. The van der Waals surface area contributed by atoms with Crippen molar-refractivity contribution >= 4 is 17.7 Å². The topological polar surface area (TPSA) is 50.4 Å². The Balaban J connectivity index is 2.18. The lowest BCUT2D eigenvalue weighted by molar-refractivity contribution is -0.140. The Morgan fingerprint density at radius 2 is 2.54 bits per heavy atom. The van der Waals surface area contributed by atoms with E-state index in [9.17, 15) is 4.79 Å². The SMILES string of the molecule is CC(CSCc1ccoc1)C(=O)O. The van der Waals surface area contributed by atoms with Gasteiger partial charge in [-0.2, -0.15) is 11.8 Å². The highest BCUT2D eigenvalue weighted by molar-refractivity contribution is 7.98. The Labute approximate surface area is 81.1 Å². The summed E-state index contributed by atoms with van der Waals surface area (Å²) in [5, 5.41) is 8.61. The van der Waals surface area contributed by atoms with Crippen LogP contribution in [-0.4, -0.2) is 16.8 Å². The van der Waals surface area contributed by atoms with E-state index in [-0.39, 0.29) is 5.92 Å². The lowest BCUT2D eigenvalue weighted by atomic mass is 10.2. The summed E-state index contributed by atoms with van der Waals surface area (Å²) in [4.78, 5) is 10.5. The van der Waals surface area contributed by atoms with Gasteiger partial charge >= 0.3 is 5.97 Å². The quantitative estimate of drug-likeness (QED) is 0.791. The monoisotopic (exact) mass is 200 g/mol. The average Bonchev–Trinajstić information content (AvgIpc) is 2.56. The van der Waals surface area contributed by atoms with Gasteiger partial charge in [0.05, 0.1) is 18.4 Å². The van der Waals surface area contributed by atoms with Crippen molar-refractivity contribution in [3.05, 3.63) is 24.2 Å². The van der Waals surface area contributed by atoms with Crippen LogP contribution in [0.4, 0.5) is 0 Å². The summed E-state index contributed by atoms with van der Waals surface area (Å²) < 4.78 is 4.89. The number of hydrogen-bond acceptors (Lipinski definition) is 3. The van der Waals surface area contributed by atoms with Gasteiger partial charge in [0.25, 0.3) is 0 Å². The molecule has 0 radical (unpaired) electrons. The third-order valence-electron chi connectivity index (χ3n) is 1.64. The molecule has 1 unspecified atom stereocenters. The van der Waals surface area contributed by atoms with Crippen LogP contribution in [0.1, 0.15) is 12.5 Å². The molecule has 0 amide bonds. The van der Waals surface area contributed by atoms with Crippen molar-refractivity contribution in [3.8, 4) is 0 Å². The number of thioether (sulfide) groups is 1. The molecule has 0 saturated carbocycles. The molecular weight excluding hydrogens is 188 g/mol. The zero-order valence-corrected chi connectivity index (χ0v) is 8.21. The van der Waals surface area contributed by atoms with Gasteiger partial charge in [-0.15, -0.1) is 0 Å². The van der Waals surface area contributed by atoms with E-state index in [0.717, 1.165) is 11.3 Å². The lowest BCUT2D eigenvalue weighted by Crippen LogP contribution is -2.11. The number of carbonyl (C=O) groups is 1. The van der Waals surface area contributed by atoms with Crippen LogP contribution in [0.3, 0.4) is 0 Å². The van der Waals surface area contributed by atoms with E-state index in [1.54, 1.807) is 31.2 Å². The van der Waals surface area contributed by atoms with Crippen molar-refractivity contribution in [3.63, 3.8) is 0 Å². The van der Waals surface area contributed by atoms with Crippen molar-refractivity contribution in [2.24, 2.45) is 5.92 Å². The summed E-state index contributed by atoms with van der Waals surface area (Å²) in [6.45, 7) is 1.71. The summed E-state index contributed by atoms with van der Waals surface area (Å²) in [6, 6.07) is 1.89. The Bertz CT molecular complexity index is 256. The molecule has 1 rings (SSSR count). The second-order valence-electron chi connectivity index (χ2n) is 2.89. The van der Waals surface area contributed by atoms with Crippen LogP contribution in [0.5, 0.6) is 0 Å². The van der Waals surface area contributed by atoms with Gasteiger partial charge in [0.15, 0.2) is 0 Å². The van der Waals surface area contributed by atoms with Gasteiger partial charge in [0.1, 0.15) is 0 Å². The van der Waals surface area contributed by atoms with E-state index in [2.05, 4.69) is 0 Å². The van der Waals surface area contributed by atoms with Crippen LogP contribution in [-0.2, 0) is 10.5 Å². The maximum absolute atomic E-state index is 10.5. The minimum atomic E-state index is -0.736. The number of furan rings is 1. The van der Waals surface area contributed by atoms with Crippen LogP contribution in [0, 0.1) is 5.92 Å². The highest BCUT2D eigenvalue weighted by atomic mass is 32.2. The molecule has 1 aromatic rings. The number of hydrogen-bond donors (Lipinski definition) is 1. The molecule has 13 heavy (non-hydrogen) atoms. The van der Waals surface area contributed by atoms with Crippen LogP contribution in [0.25, 0.3) is 0 Å². The fourth-order valence-electron chi connectivity index (χ4n) is 0.800. The van der Waals surface area contributed by atoms with E-state index in [1.807, 2.05) is 6.07 Å². The van der Waals surface area contributed by atoms with Gasteiger partial charge in [-0.05, 0) is 6.07 Å². The summed E-state index contributed by atoms with van der Waals surface area (Å²) in [6.07, 6.45) is 3.30. The maximum atomic E-state index is 10.5. The van der Waals surface area contributed by atoms with Gasteiger partial charge < -0.3 is 9.52 Å². The van der Waals surface area contributed by atoms with Crippen molar-refractivity contribution in [1.29, 1.82) is 0 Å². The van der Waals surface area contributed by atoms with Crippen LogP contribution in [0.2, 0.25) is 0 Å². The summed E-state index contributed by atoms with van der Waals surface area (Å²) in [5.41, 5.74) is 1.10. The zero-order valence-electron chi connectivity index (χ0n) is 7.40. The average molecular weight is 200 g/mol. The molecule has 0 aliphatic carbocycles. The van der Waals surface area contributed by atoms with Crippen LogP contribution >= 0.6 is 11.8 Å². The summed E-state index contributed by atoms with van der Waals surface area (Å²) in [7, 11) is 0. The smallest absolute Gasteiger partial charge is 0.307 e. The molecule has 0 aliphatic rings. The van der Waals surface area contributed by atoms with E-state index in [1.165, 1.54) is 0 Å².